The summed E-state index contributed by atoms with van der Waals surface area (Å²) in [7, 11) is 0. The normalized spacial score (nSPS) is 18.6. The lowest BCUT2D eigenvalue weighted by Gasteiger charge is -2.33. The van der Waals surface area contributed by atoms with Gasteiger partial charge in [0.05, 0.1) is 28.8 Å². The third-order valence-corrected chi connectivity index (χ3v) is 6.07. The number of aromatic amines is 1. The molecule has 30 heavy (non-hydrogen) atoms. The standard InChI is InChI=1S/C22H21N7O/c1-13-3-2-7-29-18(13)9-17(27-29)20-19-16(25-12-26-19)6-8-28(20)22-23-10-15(11-24-22)21(30)14-4-5-14/h2-3,7,9-12,14,20H,4-6,8H2,1H3,(H,25,26)/t20-/m0/s1. The summed E-state index contributed by atoms with van der Waals surface area (Å²) in [5, 5.41) is 4.84. The van der Waals surface area contributed by atoms with Crippen LogP contribution in [0.5, 0.6) is 0 Å². The Morgan fingerprint density at radius 2 is 2.03 bits per heavy atom. The summed E-state index contributed by atoms with van der Waals surface area (Å²) in [6.45, 7) is 2.82. The second-order valence-corrected chi connectivity index (χ2v) is 8.11. The fourth-order valence-corrected chi connectivity index (χ4v) is 4.28. The molecule has 1 aliphatic carbocycles. The highest BCUT2D eigenvalue weighted by Crippen LogP contribution is 2.36. The highest BCUT2D eigenvalue weighted by molar-refractivity contribution is 5.98. The van der Waals surface area contributed by atoms with E-state index in [9.17, 15) is 4.79 Å². The Bertz CT molecular complexity index is 1250. The number of pyridine rings is 1. The third kappa shape index (κ3) is 2.71. The van der Waals surface area contributed by atoms with Crippen LogP contribution in [-0.2, 0) is 6.42 Å². The monoisotopic (exact) mass is 399 g/mol. The Balaban J connectivity index is 1.42. The first-order valence-electron chi connectivity index (χ1n) is 10.3. The summed E-state index contributed by atoms with van der Waals surface area (Å²) in [5.41, 5.74) is 5.80. The lowest BCUT2D eigenvalue weighted by molar-refractivity contribution is 0.0967. The van der Waals surface area contributed by atoms with Gasteiger partial charge < -0.3 is 9.88 Å². The molecule has 0 bridgehead atoms. The van der Waals surface area contributed by atoms with Crippen molar-refractivity contribution in [1.29, 1.82) is 0 Å². The van der Waals surface area contributed by atoms with Gasteiger partial charge >= 0.3 is 0 Å². The predicted molar refractivity (Wildman–Crippen MR) is 110 cm³/mol. The van der Waals surface area contributed by atoms with Crippen molar-refractivity contribution in [2.75, 3.05) is 11.4 Å². The van der Waals surface area contributed by atoms with E-state index in [-0.39, 0.29) is 17.7 Å². The minimum Gasteiger partial charge on any atom is -0.348 e. The van der Waals surface area contributed by atoms with Crippen LogP contribution in [0.1, 0.15) is 51.9 Å². The molecule has 8 heteroatoms. The molecule has 1 atom stereocenters. The summed E-state index contributed by atoms with van der Waals surface area (Å²) in [6.07, 6.45) is 9.79. The largest absolute Gasteiger partial charge is 0.348 e. The van der Waals surface area contributed by atoms with Gasteiger partial charge in [-0.15, -0.1) is 0 Å². The lowest BCUT2D eigenvalue weighted by atomic mass is 10.00. The van der Waals surface area contributed by atoms with E-state index < -0.39 is 0 Å². The first kappa shape index (κ1) is 17.3. The molecule has 150 valence electrons. The van der Waals surface area contributed by atoms with Gasteiger partial charge in [-0.05, 0) is 37.5 Å². The summed E-state index contributed by atoms with van der Waals surface area (Å²) < 4.78 is 1.90. The first-order valence-corrected chi connectivity index (χ1v) is 10.3. The van der Waals surface area contributed by atoms with E-state index in [1.165, 1.54) is 5.56 Å². The number of carbonyl (C=O) groups excluding carboxylic acids is 1. The van der Waals surface area contributed by atoms with Crippen LogP contribution in [0.4, 0.5) is 5.95 Å². The molecule has 0 radical (unpaired) electrons. The molecule has 0 amide bonds. The maximum absolute atomic E-state index is 12.3. The van der Waals surface area contributed by atoms with Crippen LogP contribution in [0.25, 0.3) is 5.52 Å². The Kier molecular flexibility index (Phi) is 3.74. The number of aromatic nitrogens is 6. The van der Waals surface area contributed by atoms with Crippen molar-refractivity contribution in [2.45, 2.75) is 32.2 Å². The Hall–Kier alpha value is -3.55. The Morgan fingerprint density at radius 1 is 1.20 bits per heavy atom. The summed E-state index contributed by atoms with van der Waals surface area (Å²) in [6, 6.07) is 6.00. The Morgan fingerprint density at radius 3 is 2.80 bits per heavy atom. The van der Waals surface area contributed by atoms with E-state index in [0.29, 0.717) is 11.5 Å². The van der Waals surface area contributed by atoms with Gasteiger partial charge in [-0.2, -0.15) is 5.10 Å². The number of Topliss-reactive ketones (excluding diaryl/α,β-unsaturated/α-hetero) is 1. The number of carbonyl (C=O) groups is 1. The lowest BCUT2D eigenvalue weighted by Crippen LogP contribution is -2.37. The summed E-state index contributed by atoms with van der Waals surface area (Å²) in [4.78, 5) is 31.4. The van der Waals surface area contributed by atoms with Crippen LogP contribution < -0.4 is 4.90 Å². The minimum atomic E-state index is -0.190. The zero-order valence-corrected chi connectivity index (χ0v) is 16.6. The second-order valence-electron chi connectivity index (χ2n) is 8.11. The smallest absolute Gasteiger partial charge is 0.226 e. The van der Waals surface area contributed by atoms with Gasteiger partial charge in [-0.3, -0.25) is 4.79 Å². The summed E-state index contributed by atoms with van der Waals surface area (Å²) >= 11 is 0. The van der Waals surface area contributed by atoms with Crippen molar-refractivity contribution in [3.63, 3.8) is 0 Å². The van der Waals surface area contributed by atoms with E-state index in [0.717, 1.165) is 48.4 Å². The number of rotatable bonds is 4. The molecule has 1 aliphatic heterocycles. The number of aryl methyl sites for hydroxylation is 1. The molecule has 0 saturated heterocycles. The number of imidazole rings is 1. The van der Waals surface area contributed by atoms with Gasteiger partial charge in [-0.1, -0.05) is 6.07 Å². The molecule has 4 aromatic rings. The number of nitrogens with zero attached hydrogens (tertiary/aromatic N) is 6. The van der Waals surface area contributed by atoms with Gasteiger partial charge in [0.25, 0.3) is 0 Å². The summed E-state index contributed by atoms with van der Waals surface area (Å²) in [5.74, 6) is 0.909. The van der Waals surface area contributed by atoms with Crippen molar-refractivity contribution in [3.05, 3.63) is 71.3 Å². The molecule has 0 unspecified atom stereocenters. The van der Waals surface area contributed by atoms with Crippen molar-refractivity contribution in [3.8, 4) is 0 Å². The first-order chi connectivity index (χ1) is 14.7. The van der Waals surface area contributed by atoms with Crippen LogP contribution in [0.2, 0.25) is 0 Å². The van der Waals surface area contributed by atoms with E-state index in [2.05, 4.69) is 43.9 Å². The van der Waals surface area contributed by atoms with E-state index in [1.54, 1.807) is 18.7 Å². The van der Waals surface area contributed by atoms with Crippen LogP contribution in [0, 0.1) is 12.8 Å². The fraction of sp³-hybridized carbons (Fsp3) is 0.318. The van der Waals surface area contributed by atoms with E-state index in [4.69, 9.17) is 5.10 Å². The number of H-pyrrole nitrogens is 1. The average molecular weight is 399 g/mol. The number of fused-ring (bicyclic) bond motifs is 2. The molecule has 1 N–H and O–H groups in total. The van der Waals surface area contributed by atoms with Crippen LogP contribution >= 0.6 is 0 Å². The number of anilines is 1. The van der Waals surface area contributed by atoms with E-state index >= 15 is 0 Å². The SMILES string of the molecule is Cc1cccn2nc([C@H]3c4nc[nH]c4CCN3c3ncc(C(=O)C4CC4)cn3)cc12. The molecule has 4 aromatic heterocycles. The topological polar surface area (TPSA) is 92.1 Å². The average Bonchev–Trinajstić information content (AvgIpc) is 3.34. The van der Waals surface area contributed by atoms with Crippen LogP contribution in [0.15, 0.2) is 43.1 Å². The van der Waals surface area contributed by atoms with Crippen molar-refractivity contribution in [2.24, 2.45) is 5.92 Å². The maximum atomic E-state index is 12.3. The van der Waals surface area contributed by atoms with E-state index in [1.807, 2.05) is 16.8 Å². The zero-order chi connectivity index (χ0) is 20.2. The maximum Gasteiger partial charge on any atom is 0.226 e. The van der Waals surface area contributed by atoms with Crippen molar-refractivity contribution < 1.29 is 4.79 Å². The molecule has 1 saturated carbocycles. The minimum absolute atomic E-state index is 0.155. The molecule has 8 nitrogen and oxygen atoms in total. The number of nitrogens with one attached hydrogen (secondary N) is 1. The van der Waals surface area contributed by atoms with Gasteiger partial charge in [0.15, 0.2) is 5.78 Å². The molecular formula is C22H21N7O. The predicted octanol–water partition coefficient (Wildman–Crippen LogP) is 2.90. The molecule has 5 heterocycles. The molecule has 0 spiro atoms. The second kappa shape index (κ2) is 6.48. The van der Waals surface area contributed by atoms with Crippen molar-refractivity contribution in [1.82, 2.24) is 29.5 Å². The van der Waals surface area contributed by atoms with Gasteiger partial charge in [0, 0.05) is 43.2 Å². The zero-order valence-electron chi connectivity index (χ0n) is 16.6. The molecule has 6 rings (SSSR count). The molecule has 0 aromatic carbocycles. The third-order valence-electron chi connectivity index (χ3n) is 6.07. The highest BCUT2D eigenvalue weighted by Gasteiger charge is 2.35. The quantitative estimate of drug-likeness (QED) is 0.531. The Labute approximate surface area is 173 Å². The van der Waals surface area contributed by atoms with Crippen LogP contribution in [0.3, 0.4) is 0 Å². The molecular weight excluding hydrogens is 378 g/mol. The highest BCUT2D eigenvalue weighted by atomic mass is 16.1. The number of hydrogen-bond donors (Lipinski definition) is 1. The van der Waals surface area contributed by atoms with Gasteiger partial charge in [0.2, 0.25) is 5.95 Å². The number of ketones is 1. The van der Waals surface area contributed by atoms with Crippen LogP contribution in [-0.4, -0.2) is 41.9 Å². The van der Waals surface area contributed by atoms with Gasteiger partial charge in [-0.25, -0.2) is 19.5 Å². The molecule has 1 fully saturated rings. The van der Waals surface area contributed by atoms with Crippen molar-refractivity contribution >= 4 is 17.2 Å². The van der Waals surface area contributed by atoms with Gasteiger partial charge in [0.1, 0.15) is 6.04 Å². The number of hydrogen-bond acceptors (Lipinski definition) is 6. The molecule has 2 aliphatic rings. The fourth-order valence-electron chi connectivity index (χ4n) is 4.28.